The Labute approximate surface area is 161 Å². The van der Waals surface area contributed by atoms with Gasteiger partial charge < -0.3 is 5.32 Å². The summed E-state index contributed by atoms with van der Waals surface area (Å²) in [5.41, 5.74) is 2.05. The number of nitrogens with zero attached hydrogens (tertiary/aromatic N) is 4. The molecule has 136 valence electrons. The minimum absolute atomic E-state index is 0.0243. The number of carbonyl (C=O) groups excluding carboxylic acids is 1. The molecule has 1 unspecified atom stereocenters. The molecule has 0 saturated heterocycles. The number of nitrogens with one attached hydrogen (secondary N) is 1. The molecule has 1 N–H and O–H groups in total. The zero-order valence-electron chi connectivity index (χ0n) is 14.9. The van der Waals surface area contributed by atoms with E-state index < -0.39 is 0 Å². The van der Waals surface area contributed by atoms with Gasteiger partial charge in [0.15, 0.2) is 0 Å². The molecule has 0 aliphatic heterocycles. The molecule has 1 aromatic carbocycles. The lowest BCUT2D eigenvalue weighted by atomic mass is 10.0. The Balaban J connectivity index is 1.63. The first-order valence-electron chi connectivity index (χ1n) is 8.35. The van der Waals surface area contributed by atoms with E-state index in [4.69, 9.17) is 0 Å². The van der Waals surface area contributed by atoms with Crippen LogP contribution in [0.15, 0.2) is 46.9 Å². The molecule has 8 heteroatoms. The Kier molecular flexibility index (Phi) is 6.05. The molecular weight excluding hydrogens is 366 g/mol. The highest BCUT2D eigenvalue weighted by Gasteiger charge is 2.20. The third-order valence-corrected chi connectivity index (χ3v) is 5.76. The van der Waals surface area contributed by atoms with Crippen LogP contribution in [-0.2, 0) is 4.79 Å². The molecule has 0 aliphatic carbocycles. The number of carbonyl (C=O) groups is 1. The van der Waals surface area contributed by atoms with E-state index in [1.54, 1.807) is 16.0 Å². The molecule has 0 spiro atoms. The molecular formula is C18H21N5OS2. The second-order valence-electron chi connectivity index (χ2n) is 6.30. The topological polar surface area (TPSA) is 72.7 Å². The van der Waals surface area contributed by atoms with E-state index in [-0.39, 0.29) is 17.7 Å². The number of rotatable bonds is 7. The highest BCUT2D eigenvalue weighted by Crippen LogP contribution is 2.26. The summed E-state index contributed by atoms with van der Waals surface area (Å²) in [5, 5.41) is 17.6. The van der Waals surface area contributed by atoms with Crippen LogP contribution in [0, 0.1) is 12.8 Å². The van der Waals surface area contributed by atoms with Crippen LogP contribution < -0.4 is 5.32 Å². The van der Waals surface area contributed by atoms with Crippen LogP contribution in [-0.4, -0.2) is 31.9 Å². The summed E-state index contributed by atoms with van der Waals surface area (Å²) in [7, 11) is 0. The second kappa shape index (κ2) is 8.46. The van der Waals surface area contributed by atoms with Crippen molar-refractivity contribution in [1.82, 2.24) is 25.5 Å². The summed E-state index contributed by atoms with van der Waals surface area (Å²) >= 11 is 2.99. The van der Waals surface area contributed by atoms with Crippen LogP contribution in [0.2, 0.25) is 0 Å². The first-order chi connectivity index (χ1) is 12.5. The highest BCUT2D eigenvalue weighted by atomic mass is 32.2. The van der Waals surface area contributed by atoms with Gasteiger partial charge in [-0.3, -0.25) is 4.79 Å². The van der Waals surface area contributed by atoms with Gasteiger partial charge in [0.2, 0.25) is 11.1 Å². The first-order valence-corrected chi connectivity index (χ1v) is 10.2. The molecule has 0 bridgehead atoms. The molecule has 0 fully saturated rings. The van der Waals surface area contributed by atoms with Crippen molar-refractivity contribution in [2.75, 3.05) is 5.75 Å². The summed E-state index contributed by atoms with van der Waals surface area (Å²) in [4.78, 5) is 13.6. The summed E-state index contributed by atoms with van der Waals surface area (Å²) in [6, 6.07) is 12.0. The van der Waals surface area contributed by atoms with Crippen molar-refractivity contribution >= 4 is 29.0 Å². The van der Waals surface area contributed by atoms with Crippen LogP contribution in [0.25, 0.3) is 5.69 Å². The number of hydrogen-bond acceptors (Lipinski definition) is 6. The van der Waals surface area contributed by atoms with Crippen molar-refractivity contribution in [2.45, 2.75) is 32.0 Å². The SMILES string of the molecule is Cc1ccc(-n2nnnc2SCC(=O)NC(c2cccs2)C(C)C)cc1. The minimum Gasteiger partial charge on any atom is -0.347 e. The molecule has 0 saturated carbocycles. The van der Waals surface area contributed by atoms with Gasteiger partial charge in [-0.15, -0.1) is 16.4 Å². The lowest BCUT2D eigenvalue weighted by molar-refractivity contribution is -0.119. The Bertz CT molecular complexity index is 843. The molecule has 2 heterocycles. The van der Waals surface area contributed by atoms with Gasteiger partial charge >= 0.3 is 0 Å². The molecule has 6 nitrogen and oxygen atoms in total. The molecule has 1 amide bonds. The van der Waals surface area contributed by atoms with Crippen LogP contribution in [0.5, 0.6) is 0 Å². The lowest BCUT2D eigenvalue weighted by Gasteiger charge is -2.21. The van der Waals surface area contributed by atoms with Gasteiger partial charge in [-0.2, -0.15) is 4.68 Å². The largest absolute Gasteiger partial charge is 0.347 e. The van der Waals surface area contributed by atoms with Crippen molar-refractivity contribution in [3.05, 3.63) is 52.2 Å². The van der Waals surface area contributed by atoms with Crippen LogP contribution >= 0.6 is 23.1 Å². The van der Waals surface area contributed by atoms with Crippen molar-refractivity contribution in [1.29, 1.82) is 0 Å². The van der Waals surface area contributed by atoms with Gasteiger partial charge in [0.1, 0.15) is 0 Å². The third-order valence-electron chi connectivity index (χ3n) is 3.88. The second-order valence-corrected chi connectivity index (χ2v) is 8.22. The summed E-state index contributed by atoms with van der Waals surface area (Å²) < 4.78 is 1.65. The van der Waals surface area contributed by atoms with Gasteiger partial charge in [0.05, 0.1) is 17.5 Å². The van der Waals surface area contributed by atoms with E-state index in [0.29, 0.717) is 11.1 Å². The van der Waals surface area contributed by atoms with Gasteiger partial charge in [0.25, 0.3) is 0 Å². The van der Waals surface area contributed by atoms with Gasteiger partial charge in [-0.25, -0.2) is 0 Å². The van der Waals surface area contributed by atoms with E-state index >= 15 is 0 Å². The molecule has 3 rings (SSSR count). The zero-order chi connectivity index (χ0) is 18.5. The van der Waals surface area contributed by atoms with Gasteiger partial charge in [0, 0.05) is 4.88 Å². The highest BCUT2D eigenvalue weighted by molar-refractivity contribution is 7.99. The Morgan fingerprint density at radius 2 is 2.04 bits per heavy atom. The number of thioether (sulfide) groups is 1. The molecule has 0 radical (unpaired) electrons. The predicted octanol–water partition coefficient (Wildman–Crippen LogP) is 3.64. The number of thiophene rings is 1. The van der Waals surface area contributed by atoms with E-state index in [2.05, 4.69) is 40.8 Å². The molecule has 26 heavy (non-hydrogen) atoms. The van der Waals surface area contributed by atoms with Gasteiger partial charge in [-0.05, 0) is 46.8 Å². The number of amides is 1. The minimum atomic E-state index is -0.0273. The zero-order valence-corrected chi connectivity index (χ0v) is 16.5. The normalized spacial score (nSPS) is 12.3. The monoisotopic (exact) mass is 387 g/mol. The number of benzene rings is 1. The molecule has 2 aromatic heterocycles. The molecule has 0 aliphatic rings. The summed E-state index contributed by atoms with van der Waals surface area (Å²) in [6.45, 7) is 6.24. The van der Waals surface area contributed by atoms with Crippen molar-refractivity contribution in [3.63, 3.8) is 0 Å². The summed E-state index contributed by atoms with van der Waals surface area (Å²) in [6.07, 6.45) is 0. The fourth-order valence-electron chi connectivity index (χ4n) is 2.50. The number of hydrogen-bond donors (Lipinski definition) is 1. The summed E-state index contributed by atoms with van der Waals surface area (Å²) in [5.74, 6) is 0.557. The van der Waals surface area contributed by atoms with Crippen molar-refractivity contribution in [3.8, 4) is 5.69 Å². The van der Waals surface area contributed by atoms with Crippen LogP contribution in [0.4, 0.5) is 0 Å². The van der Waals surface area contributed by atoms with Crippen LogP contribution in [0.3, 0.4) is 0 Å². The predicted molar refractivity (Wildman–Crippen MR) is 105 cm³/mol. The average molecular weight is 388 g/mol. The van der Waals surface area contributed by atoms with E-state index in [9.17, 15) is 4.79 Å². The quantitative estimate of drug-likeness (QED) is 0.627. The molecule has 1 atom stereocenters. The third kappa shape index (κ3) is 4.50. The average Bonchev–Trinajstić information content (AvgIpc) is 3.30. The van der Waals surface area contributed by atoms with E-state index in [0.717, 1.165) is 5.69 Å². The van der Waals surface area contributed by atoms with Gasteiger partial charge in [-0.1, -0.05) is 49.4 Å². The fourth-order valence-corrected chi connectivity index (χ4v) is 4.15. The van der Waals surface area contributed by atoms with E-state index in [1.165, 1.54) is 22.2 Å². The number of aromatic nitrogens is 4. The van der Waals surface area contributed by atoms with Crippen LogP contribution in [0.1, 0.15) is 30.3 Å². The number of aryl methyl sites for hydroxylation is 1. The maximum Gasteiger partial charge on any atom is 0.230 e. The van der Waals surface area contributed by atoms with Crippen molar-refractivity contribution < 1.29 is 4.79 Å². The molecule has 3 aromatic rings. The maximum atomic E-state index is 12.4. The smallest absolute Gasteiger partial charge is 0.230 e. The van der Waals surface area contributed by atoms with Crippen molar-refractivity contribution in [2.24, 2.45) is 5.92 Å². The first kappa shape index (κ1) is 18.6. The lowest BCUT2D eigenvalue weighted by Crippen LogP contribution is -2.32. The van der Waals surface area contributed by atoms with E-state index in [1.807, 2.05) is 42.6 Å². The fraction of sp³-hybridized carbons (Fsp3) is 0.333. The Hall–Kier alpha value is -2.19. The maximum absolute atomic E-state index is 12.4. The Morgan fingerprint density at radius 3 is 2.69 bits per heavy atom. The standard InChI is InChI=1S/C18H21N5OS2/c1-12(2)17(15-5-4-10-25-15)19-16(24)11-26-18-20-21-22-23(18)14-8-6-13(3)7-9-14/h4-10,12,17H,11H2,1-3H3,(H,19,24). The number of tetrazole rings is 1. The Morgan fingerprint density at radius 1 is 1.27 bits per heavy atom.